The summed E-state index contributed by atoms with van der Waals surface area (Å²) in [5, 5.41) is 17.7. The predicted molar refractivity (Wildman–Crippen MR) is 132 cm³/mol. The number of carbonyl (C=O) groups excluding carboxylic acids is 1. The largest absolute Gasteiger partial charge is 0.332 e. The topological polar surface area (TPSA) is 75.1 Å². The fraction of sp³-hybridized carbons (Fsp3) is 0.231. The van der Waals surface area contributed by atoms with Gasteiger partial charge in [-0.2, -0.15) is 10.4 Å². The number of amides is 1. The van der Waals surface area contributed by atoms with E-state index in [2.05, 4.69) is 33.2 Å². The highest BCUT2D eigenvalue weighted by Crippen LogP contribution is 2.36. The Kier molecular flexibility index (Phi) is 6.62. The zero-order chi connectivity index (χ0) is 24.3. The molecule has 1 saturated carbocycles. The lowest BCUT2D eigenvalue weighted by atomic mass is 10.0. The summed E-state index contributed by atoms with van der Waals surface area (Å²) in [7, 11) is 0. The van der Waals surface area contributed by atoms with Crippen molar-refractivity contribution in [2.45, 2.75) is 31.7 Å². The average molecular weight is 488 g/mol. The molecule has 0 unspecified atom stereocenters. The van der Waals surface area contributed by atoms with E-state index in [9.17, 15) is 10.1 Å². The Labute approximate surface area is 207 Å². The molecule has 3 aromatic rings. The third-order valence-corrected chi connectivity index (χ3v) is 6.07. The quantitative estimate of drug-likeness (QED) is 0.289. The van der Waals surface area contributed by atoms with E-state index in [-0.39, 0.29) is 5.69 Å². The van der Waals surface area contributed by atoms with E-state index in [4.69, 9.17) is 29.8 Å². The molecule has 1 aliphatic carbocycles. The van der Waals surface area contributed by atoms with E-state index < -0.39 is 11.4 Å². The lowest BCUT2D eigenvalue weighted by Gasteiger charge is -2.11. The summed E-state index contributed by atoms with van der Waals surface area (Å²) in [4.78, 5) is 16.3. The minimum atomic E-state index is -0.807. The van der Waals surface area contributed by atoms with Crippen LogP contribution in [0.2, 0.25) is 10.0 Å². The second kappa shape index (κ2) is 9.62. The van der Waals surface area contributed by atoms with Gasteiger partial charge in [0, 0.05) is 21.7 Å². The van der Waals surface area contributed by atoms with Gasteiger partial charge in [-0.1, -0.05) is 47.2 Å². The molecular formula is C26H19Cl2N5O. The van der Waals surface area contributed by atoms with Crippen LogP contribution in [-0.4, -0.2) is 27.8 Å². The van der Waals surface area contributed by atoms with Gasteiger partial charge in [0.25, 0.3) is 5.91 Å². The smallest absolute Gasteiger partial charge is 0.273 e. The minimum Gasteiger partial charge on any atom is -0.332 e. The van der Waals surface area contributed by atoms with Crippen molar-refractivity contribution < 1.29 is 4.79 Å². The molecule has 1 fully saturated rings. The molecule has 0 bridgehead atoms. The lowest BCUT2D eigenvalue weighted by Crippen LogP contribution is -2.36. The molecule has 0 atom stereocenters. The fourth-order valence-corrected chi connectivity index (χ4v) is 4.02. The predicted octanol–water partition coefficient (Wildman–Crippen LogP) is 5.60. The third-order valence-electron chi connectivity index (χ3n) is 5.53. The molecule has 8 heteroatoms. The van der Waals surface area contributed by atoms with Crippen molar-refractivity contribution in [3.05, 3.63) is 80.7 Å². The fourth-order valence-electron chi connectivity index (χ4n) is 3.53. The molecule has 1 amide bonds. The molecule has 1 aliphatic rings. The van der Waals surface area contributed by atoms with Gasteiger partial charge in [-0.25, -0.2) is 11.3 Å². The number of halogens is 2. The van der Waals surface area contributed by atoms with E-state index in [1.54, 1.807) is 22.9 Å². The number of rotatable bonds is 5. The van der Waals surface area contributed by atoms with Gasteiger partial charge in [-0.15, -0.1) is 0 Å². The Morgan fingerprint density at radius 2 is 2.00 bits per heavy atom. The van der Waals surface area contributed by atoms with Crippen molar-refractivity contribution in [2.24, 2.45) is 0 Å². The van der Waals surface area contributed by atoms with Crippen molar-refractivity contribution in [3.8, 4) is 34.9 Å². The molecule has 0 aliphatic heterocycles. The van der Waals surface area contributed by atoms with Crippen LogP contribution in [0.15, 0.2) is 42.5 Å². The standard InChI is InChI=1S/C26H19Cl2N5O/c1-17-23(25(34)31-26(16-29)12-13-26)32-33(22-11-10-20(27)15-21(22)28)24(17)19-8-6-18(7-9-19)5-3-4-14-30-2/h6-11,15H,4,12-14H2,1H3,(H,31,34). The summed E-state index contributed by atoms with van der Waals surface area (Å²) in [6.07, 6.45) is 1.78. The molecule has 1 heterocycles. The Morgan fingerprint density at radius 1 is 1.26 bits per heavy atom. The molecule has 6 nitrogen and oxygen atoms in total. The van der Waals surface area contributed by atoms with Gasteiger partial charge in [-0.05, 0) is 50.1 Å². The van der Waals surface area contributed by atoms with Crippen molar-refractivity contribution in [2.75, 3.05) is 6.54 Å². The summed E-state index contributed by atoms with van der Waals surface area (Å²) in [6.45, 7) is 9.03. The average Bonchev–Trinajstić information content (AvgIpc) is 3.51. The number of nitrogens with zero attached hydrogens (tertiary/aromatic N) is 4. The highest BCUT2D eigenvalue weighted by Gasteiger charge is 2.45. The highest BCUT2D eigenvalue weighted by molar-refractivity contribution is 6.35. The van der Waals surface area contributed by atoms with Crippen LogP contribution in [0.4, 0.5) is 0 Å². The number of hydrogen-bond acceptors (Lipinski definition) is 3. The van der Waals surface area contributed by atoms with Gasteiger partial charge < -0.3 is 10.2 Å². The first-order valence-corrected chi connectivity index (χ1v) is 11.3. The SMILES string of the molecule is [C-]#[N+]CCC#Cc1ccc(-c2c(C)c(C(=O)NC3(C#N)CC3)nn2-c2ccc(Cl)cc2Cl)cc1. The highest BCUT2D eigenvalue weighted by atomic mass is 35.5. The van der Waals surface area contributed by atoms with Crippen LogP contribution in [0.5, 0.6) is 0 Å². The van der Waals surface area contributed by atoms with E-state index in [0.29, 0.717) is 52.8 Å². The van der Waals surface area contributed by atoms with Gasteiger partial charge in [-0.3, -0.25) is 4.79 Å². The van der Waals surface area contributed by atoms with E-state index in [1.165, 1.54) is 0 Å². The number of aromatic nitrogens is 2. The maximum Gasteiger partial charge on any atom is 0.273 e. The van der Waals surface area contributed by atoms with Gasteiger partial charge in [0.2, 0.25) is 6.54 Å². The summed E-state index contributed by atoms with van der Waals surface area (Å²) in [6, 6.07) is 14.8. The summed E-state index contributed by atoms with van der Waals surface area (Å²) < 4.78 is 1.63. The third kappa shape index (κ3) is 4.78. The Balaban J connectivity index is 1.78. The van der Waals surface area contributed by atoms with Crippen LogP contribution in [0.3, 0.4) is 0 Å². The Morgan fingerprint density at radius 3 is 2.62 bits per heavy atom. The summed E-state index contributed by atoms with van der Waals surface area (Å²) in [5.74, 6) is 5.64. The maximum atomic E-state index is 13.0. The summed E-state index contributed by atoms with van der Waals surface area (Å²) >= 11 is 12.6. The summed E-state index contributed by atoms with van der Waals surface area (Å²) in [5.41, 5.74) is 3.00. The second-order valence-electron chi connectivity index (χ2n) is 7.99. The molecule has 168 valence electrons. The number of benzene rings is 2. The first-order valence-electron chi connectivity index (χ1n) is 10.6. The Hall–Kier alpha value is -3.76. The monoisotopic (exact) mass is 487 g/mol. The first-order chi connectivity index (χ1) is 16.4. The van der Waals surface area contributed by atoms with Gasteiger partial charge in [0.05, 0.1) is 28.9 Å². The van der Waals surface area contributed by atoms with Crippen molar-refractivity contribution in [1.29, 1.82) is 5.26 Å². The number of carbonyl (C=O) groups is 1. The molecule has 4 rings (SSSR count). The van der Waals surface area contributed by atoms with Crippen LogP contribution >= 0.6 is 23.2 Å². The zero-order valence-electron chi connectivity index (χ0n) is 18.3. The maximum absolute atomic E-state index is 13.0. The lowest BCUT2D eigenvalue weighted by molar-refractivity contribution is 0.0935. The van der Waals surface area contributed by atoms with Crippen LogP contribution < -0.4 is 5.32 Å². The zero-order valence-corrected chi connectivity index (χ0v) is 19.8. The molecule has 34 heavy (non-hydrogen) atoms. The van der Waals surface area contributed by atoms with Crippen LogP contribution in [0.25, 0.3) is 21.8 Å². The van der Waals surface area contributed by atoms with E-state index in [1.807, 2.05) is 31.2 Å². The van der Waals surface area contributed by atoms with E-state index in [0.717, 1.165) is 11.1 Å². The van der Waals surface area contributed by atoms with Crippen LogP contribution in [0.1, 0.15) is 40.9 Å². The minimum absolute atomic E-state index is 0.227. The van der Waals surface area contributed by atoms with Crippen molar-refractivity contribution in [3.63, 3.8) is 0 Å². The Bertz CT molecular complexity index is 1410. The number of nitrogens with one attached hydrogen (secondary N) is 1. The van der Waals surface area contributed by atoms with Gasteiger partial charge >= 0.3 is 0 Å². The molecule has 0 spiro atoms. The van der Waals surface area contributed by atoms with Crippen LogP contribution in [-0.2, 0) is 0 Å². The normalized spacial score (nSPS) is 13.2. The van der Waals surface area contributed by atoms with E-state index >= 15 is 0 Å². The molecule has 1 aromatic heterocycles. The first kappa shape index (κ1) is 23.4. The van der Waals surface area contributed by atoms with Crippen molar-refractivity contribution >= 4 is 29.1 Å². The molecule has 0 saturated heterocycles. The molecular weight excluding hydrogens is 469 g/mol. The van der Waals surface area contributed by atoms with Gasteiger partial charge in [0.1, 0.15) is 5.54 Å². The molecule has 2 aromatic carbocycles. The molecule has 1 N–H and O–H groups in total. The van der Waals surface area contributed by atoms with Gasteiger partial charge in [0.15, 0.2) is 5.69 Å². The number of hydrogen-bond donors (Lipinski definition) is 1. The number of nitriles is 1. The van der Waals surface area contributed by atoms with Crippen molar-refractivity contribution in [1.82, 2.24) is 15.1 Å². The van der Waals surface area contributed by atoms with Crippen LogP contribution in [0, 0.1) is 36.7 Å². The molecule has 0 radical (unpaired) electrons. The second-order valence-corrected chi connectivity index (χ2v) is 8.83.